The van der Waals surface area contributed by atoms with Crippen molar-refractivity contribution in [1.29, 1.82) is 0 Å². The fourth-order valence-corrected chi connectivity index (χ4v) is 5.84. The van der Waals surface area contributed by atoms with Crippen LogP contribution in [0.4, 0.5) is 0 Å². The summed E-state index contributed by atoms with van der Waals surface area (Å²) in [6, 6.07) is 10.9. The van der Waals surface area contributed by atoms with Crippen LogP contribution in [0.5, 0.6) is 0 Å². The van der Waals surface area contributed by atoms with E-state index in [2.05, 4.69) is 90.4 Å². The molecule has 0 aliphatic carbocycles. The zero-order valence-corrected chi connectivity index (χ0v) is 16.2. The van der Waals surface area contributed by atoms with E-state index in [1.165, 1.54) is 20.5 Å². The summed E-state index contributed by atoms with van der Waals surface area (Å²) in [5.41, 5.74) is 2.89. The molecular formula is C15H15Br3S. The standard InChI is InChI=1S/C15H15Br3S/c1-11-4-2-3-5-14(11)15(9-16,10-17)7-13-6-12(18)8-19-13/h2-6,8H,7,9-10H2,1H3. The Bertz CT molecular complexity index is 544. The molecule has 102 valence electrons. The van der Waals surface area contributed by atoms with E-state index in [9.17, 15) is 0 Å². The molecule has 1 aromatic heterocycles. The Labute approximate surface area is 144 Å². The van der Waals surface area contributed by atoms with Gasteiger partial charge in [0.25, 0.3) is 0 Å². The molecule has 0 unspecified atom stereocenters. The maximum Gasteiger partial charge on any atom is 0.0285 e. The molecule has 2 aromatic rings. The number of hydrogen-bond donors (Lipinski definition) is 0. The average Bonchev–Trinajstić information content (AvgIpc) is 2.82. The van der Waals surface area contributed by atoms with Crippen LogP contribution in [-0.2, 0) is 11.8 Å². The molecule has 0 aliphatic heterocycles. The first-order valence-corrected chi connectivity index (χ1v) is 9.94. The van der Waals surface area contributed by atoms with E-state index in [1.54, 1.807) is 0 Å². The Kier molecular flexibility index (Phi) is 5.70. The monoisotopic (exact) mass is 464 g/mol. The number of rotatable bonds is 5. The first-order valence-electron chi connectivity index (χ1n) is 6.02. The third-order valence-corrected chi connectivity index (χ3v) is 7.21. The quantitative estimate of drug-likeness (QED) is 0.468. The highest BCUT2D eigenvalue weighted by atomic mass is 79.9. The van der Waals surface area contributed by atoms with Gasteiger partial charge in [-0.2, -0.15) is 0 Å². The van der Waals surface area contributed by atoms with Crippen LogP contribution in [-0.4, -0.2) is 10.7 Å². The third-order valence-electron chi connectivity index (χ3n) is 3.36. The van der Waals surface area contributed by atoms with Crippen LogP contribution in [0.2, 0.25) is 0 Å². The van der Waals surface area contributed by atoms with Crippen LogP contribution in [0.15, 0.2) is 40.2 Å². The van der Waals surface area contributed by atoms with Gasteiger partial charge in [0.05, 0.1) is 0 Å². The summed E-state index contributed by atoms with van der Waals surface area (Å²) in [4.78, 5) is 1.41. The lowest BCUT2D eigenvalue weighted by molar-refractivity contribution is 0.552. The summed E-state index contributed by atoms with van der Waals surface area (Å²) in [5.74, 6) is 0. The lowest BCUT2D eigenvalue weighted by atomic mass is 9.79. The zero-order chi connectivity index (χ0) is 13.9. The number of alkyl halides is 2. The van der Waals surface area contributed by atoms with Gasteiger partial charge in [0, 0.05) is 30.8 Å². The largest absolute Gasteiger partial charge is 0.148 e. The van der Waals surface area contributed by atoms with Gasteiger partial charge in [-0.15, -0.1) is 11.3 Å². The van der Waals surface area contributed by atoms with Gasteiger partial charge in [-0.3, -0.25) is 0 Å². The van der Waals surface area contributed by atoms with E-state index in [0.29, 0.717) is 0 Å². The van der Waals surface area contributed by atoms with Crippen molar-refractivity contribution in [2.24, 2.45) is 0 Å². The van der Waals surface area contributed by atoms with Gasteiger partial charge in [-0.05, 0) is 46.5 Å². The molecular weight excluding hydrogens is 452 g/mol. The minimum absolute atomic E-state index is 0.107. The Morgan fingerprint density at radius 3 is 2.37 bits per heavy atom. The minimum Gasteiger partial charge on any atom is -0.148 e. The highest BCUT2D eigenvalue weighted by Gasteiger charge is 2.32. The molecule has 0 amide bonds. The van der Waals surface area contributed by atoms with Crippen molar-refractivity contribution in [3.63, 3.8) is 0 Å². The van der Waals surface area contributed by atoms with Crippen molar-refractivity contribution >= 4 is 59.1 Å². The van der Waals surface area contributed by atoms with E-state index in [1.807, 2.05) is 11.3 Å². The van der Waals surface area contributed by atoms with Crippen molar-refractivity contribution in [2.75, 3.05) is 10.7 Å². The van der Waals surface area contributed by atoms with Crippen LogP contribution < -0.4 is 0 Å². The molecule has 0 fully saturated rings. The predicted octanol–water partition coefficient (Wildman–Crippen LogP) is 6.09. The lowest BCUT2D eigenvalue weighted by Gasteiger charge is -2.32. The van der Waals surface area contributed by atoms with E-state index >= 15 is 0 Å². The second-order valence-electron chi connectivity index (χ2n) is 4.77. The smallest absolute Gasteiger partial charge is 0.0285 e. The molecule has 19 heavy (non-hydrogen) atoms. The number of thiophene rings is 1. The van der Waals surface area contributed by atoms with Gasteiger partial charge in [0.2, 0.25) is 0 Å². The zero-order valence-electron chi connectivity index (χ0n) is 10.6. The molecule has 0 N–H and O–H groups in total. The number of aryl methyl sites for hydroxylation is 1. The van der Waals surface area contributed by atoms with Crippen molar-refractivity contribution in [3.8, 4) is 0 Å². The number of halogens is 3. The van der Waals surface area contributed by atoms with Crippen molar-refractivity contribution in [2.45, 2.75) is 18.8 Å². The first-order chi connectivity index (χ1) is 9.11. The summed E-state index contributed by atoms with van der Waals surface area (Å²) in [7, 11) is 0. The molecule has 0 radical (unpaired) electrons. The maximum absolute atomic E-state index is 3.73. The molecule has 1 aromatic carbocycles. The SMILES string of the molecule is Cc1ccccc1C(CBr)(CBr)Cc1cc(Br)cs1. The Balaban J connectivity index is 2.40. The molecule has 0 saturated carbocycles. The molecule has 0 aliphatic rings. The highest BCUT2D eigenvalue weighted by Crippen LogP contribution is 2.36. The lowest BCUT2D eigenvalue weighted by Crippen LogP contribution is -2.33. The molecule has 1 heterocycles. The molecule has 0 nitrogen and oxygen atoms in total. The molecule has 2 rings (SSSR count). The Hall–Kier alpha value is 0.360. The highest BCUT2D eigenvalue weighted by molar-refractivity contribution is 9.10. The third kappa shape index (κ3) is 3.52. The molecule has 0 spiro atoms. The van der Waals surface area contributed by atoms with E-state index in [-0.39, 0.29) is 5.41 Å². The van der Waals surface area contributed by atoms with Crippen LogP contribution >= 0.6 is 59.1 Å². The van der Waals surface area contributed by atoms with Crippen molar-refractivity contribution in [1.82, 2.24) is 0 Å². The minimum atomic E-state index is 0.107. The fraction of sp³-hybridized carbons (Fsp3) is 0.333. The maximum atomic E-state index is 3.73. The van der Waals surface area contributed by atoms with Crippen LogP contribution in [0.1, 0.15) is 16.0 Å². The Morgan fingerprint density at radius 2 is 1.84 bits per heavy atom. The topological polar surface area (TPSA) is 0 Å². The normalized spacial score (nSPS) is 11.8. The van der Waals surface area contributed by atoms with Gasteiger partial charge in [0.1, 0.15) is 0 Å². The van der Waals surface area contributed by atoms with Gasteiger partial charge in [-0.1, -0.05) is 56.1 Å². The second kappa shape index (κ2) is 6.88. The Morgan fingerprint density at radius 1 is 1.16 bits per heavy atom. The summed E-state index contributed by atoms with van der Waals surface area (Å²) in [6.45, 7) is 2.19. The summed E-state index contributed by atoms with van der Waals surface area (Å²) < 4.78 is 1.18. The van der Waals surface area contributed by atoms with Gasteiger partial charge >= 0.3 is 0 Å². The van der Waals surface area contributed by atoms with Gasteiger partial charge < -0.3 is 0 Å². The summed E-state index contributed by atoms with van der Waals surface area (Å²) >= 11 is 12.8. The molecule has 0 saturated heterocycles. The second-order valence-corrected chi connectivity index (χ2v) is 7.80. The van der Waals surface area contributed by atoms with Crippen molar-refractivity contribution < 1.29 is 0 Å². The van der Waals surface area contributed by atoms with E-state index in [4.69, 9.17) is 0 Å². The predicted molar refractivity (Wildman–Crippen MR) is 96.2 cm³/mol. The van der Waals surface area contributed by atoms with Crippen LogP contribution in [0.3, 0.4) is 0 Å². The summed E-state index contributed by atoms with van der Waals surface area (Å²) in [6.07, 6.45) is 1.05. The molecule has 4 heteroatoms. The van der Waals surface area contributed by atoms with Crippen LogP contribution in [0.25, 0.3) is 0 Å². The van der Waals surface area contributed by atoms with Crippen LogP contribution in [0, 0.1) is 6.92 Å². The van der Waals surface area contributed by atoms with Crippen molar-refractivity contribution in [3.05, 3.63) is 56.2 Å². The van der Waals surface area contributed by atoms with Gasteiger partial charge in [-0.25, -0.2) is 0 Å². The van der Waals surface area contributed by atoms with E-state index < -0.39 is 0 Å². The number of benzene rings is 1. The number of hydrogen-bond acceptors (Lipinski definition) is 1. The molecule has 0 bridgehead atoms. The average molecular weight is 467 g/mol. The molecule has 0 atom stereocenters. The van der Waals surface area contributed by atoms with E-state index in [0.717, 1.165) is 17.1 Å². The first kappa shape index (κ1) is 15.7. The fourth-order valence-electron chi connectivity index (χ4n) is 2.32. The van der Waals surface area contributed by atoms with Gasteiger partial charge in [0.15, 0.2) is 0 Å². The summed E-state index contributed by atoms with van der Waals surface area (Å²) in [5, 5.41) is 4.05.